The number of hydrogen-bond acceptors (Lipinski definition) is 4. The van der Waals surface area contributed by atoms with Gasteiger partial charge in [-0.2, -0.15) is 0 Å². The lowest BCUT2D eigenvalue weighted by Gasteiger charge is -2.43. The Balaban J connectivity index is 1.50. The summed E-state index contributed by atoms with van der Waals surface area (Å²) in [6, 6.07) is 9.23. The van der Waals surface area contributed by atoms with Crippen LogP contribution in [0.2, 0.25) is 5.02 Å². The number of nitrogens with zero attached hydrogens (tertiary/aromatic N) is 4. The number of carbonyl (C=O) groups excluding carboxylic acids is 1. The summed E-state index contributed by atoms with van der Waals surface area (Å²) in [7, 11) is 0. The maximum absolute atomic E-state index is 13.1. The van der Waals surface area contributed by atoms with E-state index in [1.165, 1.54) is 6.20 Å². The zero-order chi connectivity index (χ0) is 20.0. The van der Waals surface area contributed by atoms with Gasteiger partial charge in [-0.25, -0.2) is 0 Å². The molecule has 2 aliphatic rings. The zero-order valence-electron chi connectivity index (χ0n) is 15.7. The Labute approximate surface area is 172 Å². The summed E-state index contributed by atoms with van der Waals surface area (Å²) in [6.07, 6.45) is 7.53. The molecule has 146 valence electrons. The first-order valence-electron chi connectivity index (χ1n) is 9.64. The highest BCUT2D eigenvalue weighted by atomic mass is 35.5. The minimum atomic E-state index is -0.0775. The minimum absolute atomic E-state index is 0.00741. The Morgan fingerprint density at radius 3 is 2.69 bits per heavy atom. The molecule has 0 aliphatic carbocycles. The molecule has 0 saturated carbocycles. The van der Waals surface area contributed by atoms with E-state index in [1.54, 1.807) is 30.7 Å². The van der Waals surface area contributed by atoms with Crippen molar-refractivity contribution in [3.05, 3.63) is 81.8 Å². The molecule has 1 saturated heterocycles. The molecule has 0 radical (unpaired) electrons. The van der Waals surface area contributed by atoms with Crippen LogP contribution in [0.3, 0.4) is 0 Å². The number of rotatable bonds is 2. The molecule has 2 aliphatic heterocycles. The van der Waals surface area contributed by atoms with E-state index in [0.29, 0.717) is 30.2 Å². The molecule has 3 aromatic rings. The summed E-state index contributed by atoms with van der Waals surface area (Å²) in [6.45, 7) is 1.83. The van der Waals surface area contributed by atoms with Gasteiger partial charge in [0.05, 0.1) is 10.6 Å². The summed E-state index contributed by atoms with van der Waals surface area (Å²) >= 11 is 6.19. The smallest absolute Gasteiger partial charge is 0.255 e. The van der Waals surface area contributed by atoms with Gasteiger partial charge in [0.15, 0.2) is 0 Å². The van der Waals surface area contributed by atoms with Gasteiger partial charge in [-0.1, -0.05) is 17.7 Å². The number of carbonyl (C=O) groups is 1. The minimum Gasteiger partial charge on any atom is -0.338 e. The average molecular weight is 407 g/mol. The van der Waals surface area contributed by atoms with E-state index < -0.39 is 0 Å². The molecule has 29 heavy (non-hydrogen) atoms. The molecule has 7 heteroatoms. The van der Waals surface area contributed by atoms with Gasteiger partial charge in [-0.15, -0.1) is 0 Å². The predicted molar refractivity (Wildman–Crippen MR) is 110 cm³/mol. The van der Waals surface area contributed by atoms with Crippen molar-refractivity contribution in [2.24, 2.45) is 5.92 Å². The average Bonchev–Trinajstić information content (AvgIpc) is 2.75. The van der Waals surface area contributed by atoms with Crippen LogP contribution in [0.1, 0.15) is 28.4 Å². The number of likely N-dealkylation sites (tertiary alicyclic amines) is 1. The molecular weight excluding hydrogens is 388 g/mol. The highest BCUT2D eigenvalue weighted by Crippen LogP contribution is 2.37. The number of pyridine rings is 3. The van der Waals surface area contributed by atoms with Gasteiger partial charge in [0.1, 0.15) is 0 Å². The van der Waals surface area contributed by atoms with E-state index >= 15 is 0 Å². The summed E-state index contributed by atoms with van der Waals surface area (Å²) in [5.41, 5.74) is 3.26. The number of amides is 1. The topological polar surface area (TPSA) is 68.1 Å². The molecule has 0 N–H and O–H groups in total. The van der Waals surface area contributed by atoms with Gasteiger partial charge in [0, 0.05) is 67.7 Å². The van der Waals surface area contributed by atoms with Gasteiger partial charge >= 0.3 is 0 Å². The third-order valence-electron chi connectivity index (χ3n) is 5.84. The largest absolute Gasteiger partial charge is 0.338 e. The van der Waals surface area contributed by atoms with Crippen molar-refractivity contribution in [2.45, 2.75) is 18.9 Å². The molecule has 3 aromatic heterocycles. The molecule has 2 bridgehead atoms. The fourth-order valence-corrected chi connectivity index (χ4v) is 4.74. The van der Waals surface area contributed by atoms with Crippen LogP contribution in [-0.4, -0.2) is 38.4 Å². The zero-order valence-corrected chi connectivity index (χ0v) is 16.4. The fourth-order valence-electron chi connectivity index (χ4n) is 4.54. The van der Waals surface area contributed by atoms with Crippen molar-refractivity contribution in [2.75, 3.05) is 13.1 Å². The Kier molecular flexibility index (Phi) is 4.43. The predicted octanol–water partition coefficient (Wildman–Crippen LogP) is 3.22. The fraction of sp³-hybridized carbons (Fsp3) is 0.273. The summed E-state index contributed by atoms with van der Waals surface area (Å²) in [4.78, 5) is 35.9. The Bertz CT molecular complexity index is 1150. The summed E-state index contributed by atoms with van der Waals surface area (Å²) in [5.74, 6) is 0.301. The van der Waals surface area contributed by atoms with Crippen LogP contribution in [0.5, 0.6) is 0 Å². The Morgan fingerprint density at radius 2 is 1.90 bits per heavy atom. The second-order valence-electron chi connectivity index (χ2n) is 7.72. The lowest BCUT2D eigenvalue weighted by atomic mass is 9.82. The summed E-state index contributed by atoms with van der Waals surface area (Å²) in [5, 5.41) is 0.365. The van der Waals surface area contributed by atoms with Crippen molar-refractivity contribution < 1.29 is 4.79 Å². The van der Waals surface area contributed by atoms with E-state index in [-0.39, 0.29) is 23.3 Å². The van der Waals surface area contributed by atoms with Crippen molar-refractivity contribution >= 4 is 17.5 Å². The molecule has 6 nitrogen and oxygen atoms in total. The molecule has 1 fully saturated rings. The second-order valence-corrected chi connectivity index (χ2v) is 8.13. The van der Waals surface area contributed by atoms with Gasteiger partial charge in [0.2, 0.25) is 0 Å². The molecule has 5 heterocycles. The van der Waals surface area contributed by atoms with Crippen LogP contribution in [0.25, 0.3) is 11.1 Å². The summed E-state index contributed by atoms with van der Waals surface area (Å²) < 4.78 is 1.87. The van der Waals surface area contributed by atoms with Crippen LogP contribution >= 0.6 is 11.6 Å². The van der Waals surface area contributed by atoms with Crippen molar-refractivity contribution in [1.29, 1.82) is 0 Å². The van der Waals surface area contributed by atoms with Crippen LogP contribution in [-0.2, 0) is 6.54 Å². The number of piperidine rings is 1. The maximum Gasteiger partial charge on any atom is 0.255 e. The van der Waals surface area contributed by atoms with Crippen LogP contribution in [0.4, 0.5) is 0 Å². The molecule has 0 spiro atoms. The molecular formula is C22H19ClN4O2. The Morgan fingerprint density at radius 1 is 1.03 bits per heavy atom. The van der Waals surface area contributed by atoms with E-state index in [9.17, 15) is 9.59 Å². The number of fused-ring (bicyclic) bond motifs is 4. The van der Waals surface area contributed by atoms with Crippen LogP contribution in [0.15, 0.2) is 59.9 Å². The van der Waals surface area contributed by atoms with Gasteiger partial charge in [-0.3, -0.25) is 19.6 Å². The maximum atomic E-state index is 13.1. The van der Waals surface area contributed by atoms with Crippen LogP contribution < -0.4 is 5.56 Å². The van der Waals surface area contributed by atoms with E-state index in [1.807, 2.05) is 21.6 Å². The number of aromatic nitrogens is 3. The SMILES string of the molecule is O=C(c1ccncc1Cl)N1C[C@@H]2C[C@H](C1)c1cc(-c3cccnc3)cc(=O)n1C2. The normalized spacial score (nSPS) is 20.2. The van der Waals surface area contributed by atoms with Crippen molar-refractivity contribution in [1.82, 2.24) is 19.4 Å². The first kappa shape index (κ1) is 18.1. The van der Waals surface area contributed by atoms with E-state index in [4.69, 9.17) is 11.6 Å². The molecule has 0 aromatic carbocycles. The second kappa shape index (κ2) is 7.12. The van der Waals surface area contributed by atoms with E-state index in [0.717, 1.165) is 23.2 Å². The molecule has 2 atom stereocenters. The quantitative estimate of drug-likeness (QED) is 0.655. The number of hydrogen-bond donors (Lipinski definition) is 0. The highest BCUT2D eigenvalue weighted by Gasteiger charge is 2.37. The third kappa shape index (κ3) is 3.23. The standard InChI is InChI=1S/C22H19ClN4O2/c23-19-10-25-5-3-18(19)22(29)26-11-14-6-17(13-26)20-7-16(8-21(28)27(20)12-14)15-2-1-4-24-9-15/h1-5,7-10,14,17H,6,11-13H2/t14-,17+/m0/s1. The van der Waals surface area contributed by atoms with E-state index in [2.05, 4.69) is 16.0 Å². The first-order valence-corrected chi connectivity index (χ1v) is 10.0. The van der Waals surface area contributed by atoms with Gasteiger partial charge in [-0.05, 0) is 36.1 Å². The Hall–Kier alpha value is -2.99. The van der Waals surface area contributed by atoms with Crippen molar-refractivity contribution in [3.63, 3.8) is 0 Å². The van der Waals surface area contributed by atoms with Crippen LogP contribution in [0, 0.1) is 5.92 Å². The molecule has 1 amide bonds. The first-order chi connectivity index (χ1) is 14.1. The lowest BCUT2D eigenvalue weighted by molar-refractivity contribution is 0.0594. The molecule has 5 rings (SSSR count). The van der Waals surface area contributed by atoms with Gasteiger partial charge in [0.25, 0.3) is 11.5 Å². The molecule has 0 unspecified atom stereocenters. The number of halogens is 1. The third-order valence-corrected chi connectivity index (χ3v) is 6.14. The van der Waals surface area contributed by atoms with Crippen molar-refractivity contribution in [3.8, 4) is 11.1 Å². The monoisotopic (exact) mass is 406 g/mol. The lowest BCUT2D eigenvalue weighted by Crippen LogP contribution is -2.49. The highest BCUT2D eigenvalue weighted by molar-refractivity contribution is 6.33. The van der Waals surface area contributed by atoms with Gasteiger partial charge < -0.3 is 9.47 Å².